The first kappa shape index (κ1) is 12.8. The van der Waals surface area contributed by atoms with Crippen molar-refractivity contribution in [1.29, 1.82) is 0 Å². The molecule has 0 aromatic heterocycles. The lowest BCUT2D eigenvalue weighted by atomic mass is 9.77. The Hall–Kier alpha value is -0.610. The molecule has 1 saturated heterocycles. The van der Waals surface area contributed by atoms with Crippen LogP contribution in [-0.2, 0) is 9.53 Å². The summed E-state index contributed by atoms with van der Waals surface area (Å²) in [6.07, 6.45) is 4.77. The monoisotopic (exact) mass is 240 g/mol. The maximum atomic E-state index is 12.2. The van der Waals surface area contributed by atoms with E-state index in [9.17, 15) is 4.79 Å². The van der Waals surface area contributed by atoms with Gasteiger partial charge in [-0.05, 0) is 31.6 Å². The molecule has 1 heterocycles. The Balaban J connectivity index is 1.88. The number of hydrogen-bond donors (Lipinski definition) is 1. The Bertz CT molecular complexity index is 284. The number of hydrogen-bond acceptors (Lipinski definition) is 3. The van der Waals surface area contributed by atoms with Gasteiger partial charge in [-0.15, -0.1) is 0 Å². The van der Waals surface area contributed by atoms with Crippen LogP contribution in [0.4, 0.5) is 0 Å². The number of carbonyl (C=O) groups is 1. The Kier molecular flexibility index (Phi) is 3.73. The van der Waals surface area contributed by atoms with E-state index < -0.39 is 0 Å². The highest BCUT2D eigenvalue weighted by Crippen LogP contribution is 2.38. The normalized spacial score (nSPS) is 32.1. The van der Waals surface area contributed by atoms with E-state index in [4.69, 9.17) is 10.5 Å². The minimum absolute atomic E-state index is 0.132. The van der Waals surface area contributed by atoms with Crippen LogP contribution < -0.4 is 5.73 Å². The van der Waals surface area contributed by atoms with E-state index in [0.717, 1.165) is 25.8 Å². The molecule has 2 atom stereocenters. The van der Waals surface area contributed by atoms with E-state index in [0.29, 0.717) is 18.9 Å². The summed E-state index contributed by atoms with van der Waals surface area (Å²) < 4.78 is 5.50. The van der Waals surface area contributed by atoms with Crippen molar-refractivity contribution in [3.8, 4) is 0 Å². The van der Waals surface area contributed by atoms with Gasteiger partial charge in [0, 0.05) is 26.2 Å². The fourth-order valence-corrected chi connectivity index (χ4v) is 2.74. The molecule has 2 rings (SSSR count). The van der Waals surface area contributed by atoms with Crippen LogP contribution >= 0.6 is 0 Å². The summed E-state index contributed by atoms with van der Waals surface area (Å²) in [4.78, 5) is 14.1. The molecular weight excluding hydrogens is 216 g/mol. The van der Waals surface area contributed by atoms with Gasteiger partial charge in [0.1, 0.15) is 0 Å². The van der Waals surface area contributed by atoms with E-state index in [-0.39, 0.29) is 17.6 Å². The maximum absolute atomic E-state index is 12.2. The molecular formula is C13H24N2O2. The second-order valence-corrected chi connectivity index (χ2v) is 5.69. The number of piperidine rings is 1. The van der Waals surface area contributed by atoms with Gasteiger partial charge in [0.05, 0.1) is 12.0 Å². The number of ether oxygens (including phenoxy) is 1. The van der Waals surface area contributed by atoms with Crippen LogP contribution in [0.3, 0.4) is 0 Å². The Morgan fingerprint density at radius 2 is 2.24 bits per heavy atom. The van der Waals surface area contributed by atoms with Crippen molar-refractivity contribution >= 4 is 5.91 Å². The van der Waals surface area contributed by atoms with Crippen LogP contribution in [0, 0.1) is 5.92 Å². The van der Waals surface area contributed by atoms with Gasteiger partial charge < -0.3 is 15.4 Å². The number of nitrogens with two attached hydrogens (primary N) is 1. The van der Waals surface area contributed by atoms with Crippen molar-refractivity contribution < 1.29 is 9.53 Å². The summed E-state index contributed by atoms with van der Waals surface area (Å²) in [5.41, 5.74) is 5.86. The van der Waals surface area contributed by atoms with E-state index in [2.05, 4.69) is 6.92 Å². The highest BCUT2D eigenvalue weighted by molar-refractivity contribution is 5.77. The molecule has 1 amide bonds. The van der Waals surface area contributed by atoms with Crippen LogP contribution in [0.25, 0.3) is 0 Å². The van der Waals surface area contributed by atoms with E-state index in [1.807, 2.05) is 4.90 Å². The number of nitrogens with zero attached hydrogens (tertiary/aromatic N) is 1. The largest absolute Gasteiger partial charge is 0.378 e. The molecule has 0 spiro atoms. The first-order valence-corrected chi connectivity index (χ1v) is 6.65. The molecule has 0 bridgehead atoms. The second-order valence-electron chi connectivity index (χ2n) is 5.69. The average Bonchev–Trinajstić information content (AvgIpc) is 2.27. The van der Waals surface area contributed by atoms with Crippen molar-refractivity contribution in [1.82, 2.24) is 4.90 Å². The lowest BCUT2D eigenvalue weighted by molar-refractivity contribution is -0.145. The van der Waals surface area contributed by atoms with Gasteiger partial charge in [0.15, 0.2) is 0 Å². The summed E-state index contributed by atoms with van der Waals surface area (Å²) >= 11 is 0. The molecule has 17 heavy (non-hydrogen) atoms. The zero-order chi connectivity index (χ0) is 12.5. The third kappa shape index (κ3) is 2.63. The van der Waals surface area contributed by atoms with E-state index in [1.165, 1.54) is 6.42 Å². The van der Waals surface area contributed by atoms with Gasteiger partial charge in [0.25, 0.3) is 0 Å². The molecule has 2 aliphatic rings. The number of rotatable bonds is 3. The average molecular weight is 240 g/mol. The lowest BCUT2D eigenvalue weighted by Gasteiger charge is -2.42. The molecule has 0 aromatic rings. The minimum Gasteiger partial charge on any atom is -0.378 e. The SMILES string of the molecule is COC1(CC(=O)N2CCC(C)C(N)C2)CCC1. The molecule has 2 fully saturated rings. The van der Waals surface area contributed by atoms with Crippen molar-refractivity contribution in [3.05, 3.63) is 0 Å². The van der Waals surface area contributed by atoms with Crippen LogP contribution in [0.1, 0.15) is 39.0 Å². The summed E-state index contributed by atoms with van der Waals surface area (Å²) in [5, 5.41) is 0. The molecule has 98 valence electrons. The van der Waals surface area contributed by atoms with Gasteiger partial charge in [-0.3, -0.25) is 4.79 Å². The van der Waals surface area contributed by atoms with Crippen molar-refractivity contribution in [2.24, 2.45) is 11.7 Å². The Morgan fingerprint density at radius 3 is 2.71 bits per heavy atom. The van der Waals surface area contributed by atoms with Gasteiger partial charge in [-0.2, -0.15) is 0 Å². The van der Waals surface area contributed by atoms with Crippen LogP contribution in [0.15, 0.2) is 0 Å². The molecule has 1 saturated carbocycles. The molecule has 2 unspecified atom stereocenters. The molecule has 4 nitrogen and oxygen atoms in total. The molecule has 2 N–H and O–H groups in total. The van der Waals surface area contributed by atoms with Gasteiger partial charge in [-0.25, -0.2) is 0 Å². The standard InChI is InChI=1S/C13H24N2O2/c1-10-4-7-15(9-11(10)14)12(16)8-13(17-2)5-3-6-13/h10-11H,3-9,14H2,1-2H3. The lowest BCUT2D eigenvalue weighted by Crippen LogP contribution is -2.52. The van der Waals surface area contributed by atoms with Gasteiger partial charge in [-0.1, -0.05) is 6.92 Å². The first-order chi connectivity index (χ1) is 8.06. The number of amides is 1. The number of methoxy groups -OCH3 is 1. The molecule has 0 radical (unpaired) electrons. The minimum atomic E-state index is -0.162. The number of likely N-dealkylation sites (tertiary alicyclic amines) is 1. The third-order valence-corrected chi connectivity index (χ3v) is 4.54. The predicted octanol–water partition coefficient (Wildman–Crippen LogP) is 1.14. The molecule has 1 aliphatic carbocycles. The predicted molar refractivity (Wildman–Crippen MR) is 66.5 cm³/mol. The third-order valence-electron chi connectivity index (χ3n) is 4.54. The van der Waals surface area contributed by atoms with E-state index in [1.54, 1.807) is 7.11 Å². The quantitative estimate of drug-likeness (QED) is 0.805. The maximum Gasteiger partial charge on any atom is 0.225 e. The summed E-state index contributed by atoms with van der Waals surface area (Å²) in [6.45, 7) is 3.72. The summed E-state index contributed by atoms with van der Waals surface area (Å²) in [5.74, 6) is 0.744. The van der Waals surface area contributed by atoms with Crippen molar-refractivity contribution in [2.75, 3.05) is 20.2 Å². The molecule has 4 heteroatoms. The zero-order valence-corrected chi connectivity index (χ0v) is 10.9. The Morgan fingerprint density at radius 1 is 1.53 bits per heavy atom. The van der Waals surface area contributed by atoms with Gasteiger partial charge >= 0.3 is 0 Å². The fraction of sp³-hybridized carbons (Fsp3) is 0.923. The molecule has 1 aliphatic heterocycles. The van der Waals surface area contributed by atoms with Crippen LogP contribution in [-0.4, -0.2) is 42.6 Å². The zero-order valence-electron chi connectivity index (χ0n) is 10.9. The number of carbonyl (C=O) groups excluding carboxylic acids is 1. The fourth-order valence-electron chi connectivity index (χ4n) is 2.74. The topological polar surface area (TPSA) is 55.6 Å². The highest BCUT2D eigenvalue weighted by atomic mass is 16.5. The van der Waals surface area contributed by atoms with E-state index >= 15 is 0 Å². The van der Waals surface area contributed by atoms with Crippen LogP contribution in [0.2, 0.25) is 0 Å². The first-order valence-electron chi connectivity index (χ1n) is 6.65. The summed E-state index contributed by atoms with van der Waals surface area (Å²) in [6, 6.07) is 0.132. The molecule has 0 aromatic carbocycles. The van der Waals surface area contributed by atoms with Crippen molar-refractivity contribution in [3.63, 3.8) is 0 Å². The van der Waals surface area contributed by atoms with Crippen molar-refractivity contribution in [2.45, 2.75) is 50.7 Å². The van der Waals surface area contributed by atoms with Gasteiger partial charge in [0.2, 0.25) is 5.91 Å². The second kappa shape index (κ2) is 4.94. The van der Waals surface area contributed by atoms with Crippen LogP contribution in [0.5, 0.6) is 0 Å². The smallest absolute Gasteiger partial charge is 0.225 e. The summed E-state index contributed by atoms with van der Waals surface area (Å²) in [7, 11) is 1.72. The Labute approximate surface area is 103 Å². The highest BCUT2D eigenvalue weighted by Gasteiger charge is 2.40.